The number of rotatable bonds is 8. The monoisotopic (exact) mass is 294 g/mol. The summed E-state index contributed by atoms with van der Waals surface area (Å²) in [6, 6.07) is 2.86. The van der Waals surface area contributed by atoms with Gasteiger partial charge in [-0.2, -0.15) is 0 Å². The third-order valence-corrected chi connectivity index (χ3v) is 3.20. The molecule has 0 saturated heterocycles. The Kier molecular flexibility index (Phi) is 6.65. The van der Waals surface area contributed by atoms with Gasteiger partial charge < -0.3 is 10.5 Å². The van der Waals surface area contributed by atoms with E-state index in [4.69, 9.17) is 10.5 Å². The van der Waals surface area contributed by atoms with Gasteiger partial charge in [0, 0.05) is 6.07 Å². The third-order valence-electron chi connectivity index (χ3n) is 3.20. The number of carbonyl (C=O) groups is 1. The van der Waals surface area contributed by atoms with Crippen LogP contribution in [0.2, 0.25) is 0 Å². The second kappa shape index (κ2) is 8.24. The molecular formula is C15H22N2O4. The van der Waals surface area contributed by atoms with Crippen LogP contribution >= 0.6 is 0 Å². The van der Waals surface area contributed by atoms with E-state index in [0.717, 1.165) is 25.7 Å². The molecule has 21 heavy (non-hydrogen) atoms. The van der Waals surface area contributed by atoms with Gasteiger partial charge in [-0.25, -0.2) is 4.79 Å². The molecular weight excluding hydrogens is 272 g/mol. The lowest BCUT2D eigenvalue weighted by Crippen LogP contribution is -2.11. The van der Waals surface area contributed by atoms with Gasteiger partial charge in [0.05, 0.1) is 17.1 Å². The van der Waals surface area contributed by atoms with Crippen molar-refractivity contribution in [3.05, 3.63) is 33.4 Å². The van der Waals surface area contributed by atoms with Gasteiger partial charge in [-0.15, -0.1) is 0 Å². The van der Waals surface area contributed by atoms with Crippen LogP contribution in [0.5, 0.6) is 0 Å². The molecule has 2 N–H and O–H groups in total. The van der Waals surface area contributed by atoms with E-state index in [0.29, 0.717) is 12.2 Å². The number of nitrogens with two attached hydrogens (primary N) is 1. The zero-order chi connectivity index (χ0) is 15.8. The molecule has 6 heteroatoms. The van der Waals surface area contributed by atoms with Crippen LogP contribution in [-0.2, 0) is 4.74 Å². The molecule has 0 heterocycles. The van der Waals surface area contributed by atoms with Crippen molar-refractivity contribution in [3.63, 3.8) is 0 Å². The summed E-state index contributed by atoms with van der Waals surface area (Å²) < 4.78 is 5.14. The van der Waals surface area contributed by atoms with Gasteiger partial charge in [0.15, 0.2) is 0 Å². The molecule has 1 aromatic rings. The number of aryl methyl sites for hydroxylation is 1. The number of nitro benzene ring substituents is 1. The Hall–Kier alpha value is -2.11. The standard InChI is InChI=1S/C15H22N2O4/c1-3-4-5-6-7-8-21-15(18)12-9-11(2)10-13(14(12)16)17(19)20/h9-10H,3-8,16H2,1-2H3. The summed E-state index contributed by atoms with van der Waals surface area (Å²) in [5.74, 6) is -0.602. The van der Waals surface area contributed by atoms with Crippen LogP contribution in [-0.4, -0.2) is 17.5 Å². The fraction of sp³-hybridized carbons (Fsp3) is 0.533. The van der Waals surface area contributed by atoms with Crippen molar-refractivity contribution >= 4 is 17.3 Å². The number of anilines is 1. The zero-order valence-electron chi connectivity index (χ0n) is 12.6. The molecule has 0 aliphatic rings. The normalized spacial score (nSPS) is 10.4. The van der Waals surface area contributed by atoms with Gasteiger partial charge in [-0.3, -0.25) is 10.1 Å². The molecule has 0 atom stereocenters. The van der Waals surface area contributed by atoms with Gasteiger partial charge >= 0.3 is 5.97 Å². The van der Waals surface area contributed by atoms with Crippen molar-refractivity contribution in [3.8, 4) is 0 Å². The van der Waals surface area contributed by atoms with Gasteiger partial charge in [-0.1, -0.05) is 32.6 Å². The topological polar surface area (TPSA) is 95.5 Å². The molecule has 0 bridgehead atoms. The number of hydrogen-bond acceptors (Lipinski definition) is 5. The van der Waals surface area contributed by atoms with E-state index in [1.165, 1.54) is 18.6 Å². The summed E-state index contributed by atoms with van der Waals surface area (Å²) in [5, 5.41) is 10.9. The number of esters is 1. The van der Waals surface area contributed by atoms with Crippen molar-refractivity contribution in [1.82, 2.24) is 0 Å². The first-order valence-electron chi connectivity index (χ1n) is 7.19. The van der Waals surface area contributed by atoms with Crippen LogP contribution in [0.4, 0.5) is 11.4 Å². The first-order valence-corrected chi connectivity index (χ1v) is 7.19. The molecule has 6 nitrogen and oxygen atoms in total. The maximum Gasteiger partial charge on any atom is 0.340 e. The summed E-state index contributed by atoms with van der Waals surface area (Å²) in [5.41, 5.74) is 5.95. The van der Waals surface area contributed by atoms with E-state index in [-0.39, 0.29) is 16.9 Å². The maximum absolute atomic E-state index is 12.0. The summed E-state index contributed by atoms with van der Waals surface area (Å²) in [6.45, 7) is 4.12. The maximum atomic E-state index is 12.0. The predicted molar refractivity (Wildman–Crippen MR) is 81.3 cm³/mol. The first kappa shape index (κ1) is 16.9. The second-order valence-electron chi connectivity index (χ2n) is 5.05. The third kappa shape index (κ3) is 5.06. The summed E-state index contributed by atoms with van der Waals surface area (Å²) >= 11 is 0. The number of nitrogen functional groups attached to an aromatic ring is 1. The lowest BCUT2D eigenvalue weighted by Gasteiger charge is -2.08. The molecule has 0 fully saturated rings. The highest BCUT2D eigenvalue weighted by molar-refractivity contribution is 5.97. The number of nitrogens with zero attached hydrogens (tertiary/aromatic N) is 1. The lowest BCUT2D eigenvalue weighted by atomic mass is 10.1. The summed E-state index contributed by atoms with van der Waals surface area (Å²) in [6.07, 6.45) is 5.24. The molecule has 0 saturated carbocycles. The zero-order valence-corrected chi connectivity index (χ0v) is 12.6. The molecule has 0 aromatic heterocycles. The molecule has 0 radical (unpaired) electrons. The van der Waals surface area contributed by atoms with Gasteiger partial charge in [0.2, 0.25) is 0 Å². The molecule has 116 valence electrons. The van der Waals surface area contributed by atoms with Gasteiger partial charge in [0.1, 0.15) is 5.69 Å². The fourth-order valence-electron chi connectivity index (χ4n) is 2.05. The van der Waals surface area contributed by atoms with Gasteiger partial charge in [-0.05, 0) is 25.0 Å². The average molecular weight is 294 g/mol. The van der Waals surface area contributed by atoms with Crippen LogP contribution in [0.15, 0.2) is 12.1 Å². The molecule has 0 spiro atoms. The Morgan fingerprint density at radius 1 is 1.29 bits per heavy atom. The lowest BCUT2D eigenvalue weighted by molar-refractivity contribution is -0.384. The Morgan fingerprint density at radius 3 is 2.57 bits per heavy atom. The predicted octanol–water partition coefficient (Wildman–Crippen LogP) is 3.61. The van der Waals surface area contributed by atoms with E-state index in [9.17, 15) is 14.9 Å². The Morgan fingerprint density at radius 2 is 1.95 bits per heavy atom. The van der Waals surface area contributed by atoms with E-state index < -0.39 is 10.9 Å². The smallest absolute Gasteiger partial charge is 0.340 e. The fourth-order valence-corrected chi connectivity index (χ4v) is 2.05. The number of carbonyl (C=O) groups excluding carboxylic acids is 1. The van der Waals surface area contributed by atoms with Crippen molar-refractivity contribution in [2.45, 2.75) is 46.0 Å². The van der Waals surface area contributed by atoms with E-state index in [1.54, 1.807) is 6.92 Å². The summed E-state index contributed by atoms with van der Waals surface area (Å²) in [7, 11) is 0. The van der Waals surface area contributed by atoms with Crippen LogP contribution in [0.3, 0.4) is 0 Å². The SMILES string of the molecule is CCCCCCCOC(=O)c1cc(C)cc([N+](=O)[O-])c1N. The minimum absolute atomic E-state index is 0.0651. The van der Waals surface area contributed by atoms with Crippen molar-refractivity contribution in [1.29, 1.82) is 0 Å². The minimum Gasteiger partial charge on any atom is -0.462 e. The number of benzene rings is 1. The number of hydrogen-bond donors (Lipinski definition) is 1. The van der Waals surface area contributed by atoms with Gasteiger partial charge in [0.25, 0.3) is 5.69 Å². The van der Waals surface area contributed by atoms with Crippen molar-refractivity contribution in [2.75, 3.05) is 12.3 Å². The molecule has 0 aliphatic heterocycles. The van der Waals surface area contributed by atoms with E-state index >= 15 is 0 Å². The van der Waals surface area contributed by atoms with Crippen molar-refractivity contribution in [2.24, 2.45) is 0 Å². The summed E-state index contributed by atoms with van der Waals surface area (Å²) in [4.78, 5) is 22.2. The van der Waals surface area contributed by atoms with Crippen LogP contribution in [0.1, 0.15) is 54.9 Å². The number of nitro groups is 1. The Balaban J connectivity index is 2.64. The first-order chi connectivity index (χ1) is 9.97. The van der Waals surface area contributed by atoms with E-state index in [1.807, 2.05) is 0 Å². The number of ether oxygens (including phenoxy) is 1. The highest BCUT2D eigenvalue weighted by Crippen LogP contribution is 2.27. The quantitative estimate of drug-likeness (QED) is 0.260. The molecule has 0 amide bonds. The molecule has 0 aliphatic carbocycles. The van der Waals surface area contributed by atoms with Crippen molar-refractivity contribution < 1.29 is 14.5 Å². The Labute approximate surface area is 124 Å². The highest BCUT2D eigenvalue weighted by Gasteiger charge is 2.21. The largest absolute Gasteiger partial charge is 0.462 e. The molecule has 1 aromatic carbocycles. The number of unbranched alkanes of at least 4 members (excludes halogenated alkanes) is 4. The average Bonchev–Trinajstić information content (AvgIpc) is 2.44. The second-order valence-corrected chi connectivity index (χ2v) is 5.05. The van der Waals surface area contributed by atoms with E-state index in [2.05, 4.69) is 6.92 Å². The minimum atomic E-state index is -0.602. The van der Waals surface area contributed by atoms with Crippen LogP contribution in [0, 0.1) is 17.0 Å². The Bertz CT molecular complexity index is 515. The van der Waals surface area contributed by atoms with Crippen LogP contribution < -0.4 is 5.73 Å². The van der Waals surface area contributed by atoms with Crippen LogP contribution in [0.25, 0.3) is 0 Å². The molecule has 0 unspecified atom stereocenters. The molecule has 1 rings (SSSR count). The highest BCUT2D eigenvalue weighted by atomic mass is 16.6.